The molecule has 0 spiro atoms. The van der Waals surface area contributed by atoms with Crippen molar-refractivity contribution in [2.45, 2.75) is 45.2 Å². The summed E-state index contributed by atoms with van der Waals surface area (Å²) in [6.07, 6.45) is 6.07. The number of benzene rings is 1. The highest BCUT2D eigenvalue weighted by atomic mass is 16.2. The van der Waals surface area contributed by atoms with E-state index in [1.54, 1.807) is 0 Å². The second-order valence-electron chi connectivity index (χ2n) is 7.16. The van der Waals surface area contributed by atoms with Gasteiger partial charge >= 0.3 is 0 Å². The Bertz CT molecular complexity index is 672. The molecule has 0 aliphatic carbocycles. The van der Waals surface area contributed by atoms with E-state index in [4.69, 9.17) is 0 Å². The van der Waals surface area contributed by atoms with E-state index in [0.717, 1.165) is 31.5 Å². The summed E-state index contributed by atoms with van der Waals surface area (Å²) in [5.74, 6) is 0.720. The molecular weight excluding hydrogens is 312 g/mol. The number of rotatable bonds is 6. The topological polar surface area (TPSA) is 50.2 Å². The molecule has 0 unspecified atom stereocenters. The van der Waals surface area contributed by atoms with Crippen LogP contribution in [0.5, 0.6) is 0 Å². The molecule has 134 valence electrons. The van der Waals surface area contributed by atoms with Crippen molar-refractivity contribution in [3.8, 4) is 0 Å². The molecular formula is C20H28N4O. The van der Waals surface area contributed by atoms with Gasteiger partial charge in [0.15, 0.2) is 0 Å². The van der Waals surface area contributed by atoms with Crippen LogP contribution in [0.1, 0.15) is 49.8 Å². The normalized spacial score (nSPS) is 16.3. The monoisotopic (exact) mass is 340 g/mol. The number of aromatic nitrogens is 2. The molecule has 2 aromatic rings. The predicted octanol–water partition coefficient (Wildman–Crippen LogP) is 2.96. The maximum absolute atomic E-state index is 12.2. The van der Waals surface area contributed by atoms with Gasteiger partial charge in [-0.3, -0.25) is 14.4 Å². The Morgan fingerprint density at radius 1 is 1.24 bits per heavy atom. The number of hydrogen-bond acceptors (Lipinski definition) is 3. The summed E-state index contributed by atoms with van der Waals surface area (Å²) in [6.45, 7) is 7.19. The average Bonchev–Trinajstić information content (AvgIpc) is 3.11. The highest BCUT2D eigenvalue weighted by Gasteiger charge is 2.21. The van der Waals surface area contributed by atoms with Crippen LogP contribution in [-0.4, -0.2) is 40.2 Å². The van der Waals surface area contributed by atoms with Crippen molar-refractivity contribution in [2.24, 2.45) is 0 Å². The van der Waals surface area contributed by atoms with Crippen molar-refractivity contribution < 1.29 is 4.79 Å². The number of nitrogens with zero attached hydrogens (tertiary/aromatic N) is 3. The van der Waals surface area contributed by atoms with E-state index in [-0.39, 0.29) is 5.91 Å². The van der Waals surface area contributed by atoms with Gasteiger partial charge in [0.05, 0.1) is 12.7 Å². The summed E-state index contributed by atoms with van der Waals surface area (Å²) in [6, 6.07) is 11.0. The van der Waals surface area contributed by atoms with Crippen molar-refractivity contribution in [1.29, 1.82) is 0 Å². The maximum atomic E-state index is 12.2. The quantitative estimate of drug-likeness (QED) is 0.879. The molecule has 1 aromatic heterocycles. The third-order valence-corrected chi connectivity index (χ3v) is 4.90. The molecule has 25 heavy (non-hydrogen) atoms. The minimum Gasteiger partial charge on any atom is -0.351 e. The van der Waals surface area contributed by atoms with Crippen LogP contribution < -0.4 is 5.32 Å². The zero-order chi connectivity index (χ0) is 17.6. The first kappa shape index (κ1) is 17.7. The zero-order valence-corrected chi connectivity index (χ0v) is 15.2. The predicted molar refractivity (Wildman–Crippen MR) is 99.3 cm³/mol. The Morgan fingerprint density at radius 3 is 2.60 bits per heavy atom. The molecule has 1 fully saturated rings. The third kappa shape index (κ3) is 4.92. The molecule has 1 aromatic carbocycles. The van der Waals surface area contributed by atoms with Crippen molar-refractivity contribution in [3.63, 3.8) is 0 Å². The number of carbonyl (C=O) groups is 1. The molecule has 5 nitrogen and oxygen atoms in total. The van der Waals surface area contributed by atoms with Crippen LogP contribution in [0.4, 0.5) is 0 Å². The highest BCUT2D eigenvalue weighted by molar-refractivity contribution is 5.78. The molecule has 2 heterocycles. The van der Waals surface area contributed by atoms with Crippen LogP contribution >= 0.6 is 0 Å². The summed E-state index contributed by atoms with van der Waals surface area (Å²) in [5, 5.41) is 7.31. The number of piperidine rings is 1. The van der Waals surface area contributed by atoms with Crippen LogP contribution in [0, 0.1) is 0 Å². The largest absolute Gasteiger partial charge is 0.351 e. The molecule has 1 N–H and O–H groups in total. The Hall–Kier alpha value is -2.14. The van der Waals surface area contributed by atoms with E-state index in [1.165, 1.54) is 5.56 Å². The summed E-state index contributed by atoms with van der Waals surface area (Å²) in [5.41, 5.74) is 2.47. The lowest BCUT2D eigenvalue weighted by atomic mass is 9.89. The lowest BCUT2D eigenvalue weighted by molar-refractivity contribution is -0.122. The van der Waals surface area contributed by atoms with E-state index in [0.29, 0.717) is 25.0 Å². The number of hydrogen-bond donors (Lipinski definition) is 1. The smallest absolute Gasteiger partial charge is 0.234 e. The fourth-order valence-electron chi connectivity index (χ4n) is 3.36. The minimum absolute atomic E-state index is 0.0930. The molecule has 5 heteroatoms. The van der Waals surface area contributed by atoms with Crippen LogP contribution in [0.3, 0.4) is 0 Å². The van der Waals surface area contributed by atoms with Crippen molar-refractivity contribution in [1.82, 2.24) is 20.0 Å². The van der Waals surface area contributed by atoms with E-state index in [1.807, 2.05) is 17.1 Å². The van der Waals surface area contributed by atoms with E-state index < -0.39 is 0 Å². The summed E-state index contributed by atoms with van der Waals surface area (Å²) < 4.78 is 1.91. The molecule has 0 saturated carbocycles. The van der Waals surface area contributed by atoms with E-state index in [9.17, 15) is 4.79 Å². The van der Waals surface area contributed by atoms with Crippen LogP contribution in [0.25, 0.3) is 0 Å². The molecule has 1 aliphatic heterocycles. The van der Waals surface area contributed by atoms with Crippen LogP contribution in [0.15, 0.2) is 42.7 Å². The molecule has 1 amide bonds. The highest BCUT2D eigenvalue weighted by Crippen LogP contribution is 2.27. The lowest BCUT2D eigenvalue weighted by Gasteiger charge is -2.31. The van der Waals surface area contributed by atoms with Gasteiger partial charge in [-0.1, -0.05) is 30.3 Å². The van der Waals surface area contributed by atoms with Crippen LogP contribution in [-0.2, 0) is 11.3 Å². The van der Waals surface area contributed by atoms with Gasteiger partial charge in [0, 0.05) is 24.3 Å². The van der Waals surface area contributed by atoms with Gasteiger partial charge in [0.25, 0.3) is 0 Å². The van der Waals surface area contributed by atoms with Gasteiger partial charge in [0.2, 0.25) is 5.91 Å². The molecule has 0 bridgehead atoms. The first-order valence-corrected chi connectivity index (χ1v) is 9.19. The number of nitrogens with one attached hydrogen (secondary N) is 1. The van der Waals surface area contributed by atoms with Gasteiger partial charge in [-0.05, 0) is 51.3 Å². The zero-order valence-electron chi connectivity index (χ0n) is 15.2. The minimum atomic E-state index is 0.0930. The first-order valence-electron chi connectivity index (χ1n) is 9.19. The Balaban J connectivity index is 1.40. The first-order chi connectivity index (χ1) is 12.1. The second kappa shape index (κ2) is 8.30. The Morgan fingerprint density at radius 2 is 1.96 bits per heavy atom. The summed E-state index contributed by atoms with van der Waals surface area (Å²) in [4.78, 5) is 14.5. The molecule has 0 radical (unpaired) electrons. The standard InChI is InChI=1S/C20H28N4O/c1-16(2)24-14-17(13-22-24)12-21-20(25)15-23-10-8-19(9-11-23)18-6-4-3-5-7-18/h3-7,13-14,16,19H,8-12,15H2,1-2H3,(H,21,25). The number of carbonyl (C=O) groups excluding carboxylic acids is 1. The van der Waals surface area contributed by atoms with E-state index in [2.05, 4.69) is 59.5 Å². The van der Waals surface area contributed by atoms with Crippen molar-refractivity contribution >= 4 is 5.91 Å². The maximum Gasteiger partial charge on any atom is 0.234 e. The molecule has 1 saturated heterocycles. The third-order valence-electron chi connectivity index (χ3n) is 4.90. The average molecular weight is 340 g/mol. The SMILES string of the molecule is CC(C)n1cc(CNC(=O)CN2CCC(c3ccccc3)CC2)cn1. The van der Waals surface area contributed by atoms with Gasteiger partial charge in [-0.15, -0.1) is 0 Å². The fourth-order valence-corrected chi connectivity index (χ4v) is 3.36. The van der Waals surface area contributed by atoms with Gasteiger partial charge in [-0.2, -0.15) is 5.10 Å². The fraction of sp³-hybridized carbons (Fsp3) is 0.500. The summed E-state index contributed by atoms with van der Waals surface area (Å²) in [7, 11) is 0. The van der Waals surface area contributed by atoms with Gasteiger partial charge in [0.1, 0.15) is 0 Å². The summed E-state index contributed by atoms with van der Waals surface area (Å²) >= 11 is 0. The lowest BCUT2D eigenvalue weighted by Crippen LogP contribution is -2.41. The van der Waals surface area contributed by atoms with Gasteiger partial charge < -0.3 is 5.32 Å². The van der Waals surface area contributed by atoms with Crippen molar-refractivity contribution in [3.05, 3.63) is 53.9 Å². The number of amides is 1. The number of likely N-dealkylation sites (tertiary alicyclic amines) is 1. The molecule has 1 aliphatic rings. The van der Waals surface area contributed by atoms with Crippen LogP contribution in [0.2, 0.25) is 0 Å². The van der Waals surface area contributed by atoms with Crippen molar-refractivity contribution in [2.75, 3.05) is 19.6 Å². The van der Waals surface area contributed by atoms with E-state index >= 15 is 0 Å². The van der Waals surface area contributed by atoms with Gasteiger partial charge in [-0.25, -0.2) is 0 Å². The second-order valence-corrected chi connectivity index (χ2v) is 7.16. The molecule has 0 atom stereocenters. The molecule has 3 rings (SSSR count). The Labute approximate surface area is 150 Å². The Kier molecular flexibility index (Phi) is 5.87.